The lowest BCUT2D eigenvalue weighted by Gasteiger charge is -2.14. The third kappa shape index (κ3) is 4.08. The molecule has 0 radical (unpaired) electrons. The summed E-state index contributed by atoms with van der Waals surface area (Å²) < 4.78 is 7.01. The first-order chi connectivity index (χ1) is 9.95. The zero-order chi connectivity index (χ0) is 15.4. The molecule has 2 rings (SSSR count). The number of carbonyl (C=O) groups excluding carboxylic acids is 1. The van der Waals surface area contributed by atoms with E-state index < -0.39 is 5.97 Å². The first-order valence-electron chi connectivity index (χ1n) is 7.08. The van der Waals surface area contributed by atoms with Crippen LogP contribution in [0.1, 0.15) is 37.7 Å². The van der Waals surface area contributed by atoms with E-state index in [9.17, 15) is 4.79 Å². The molecule has 1 unspecified atom stereocenters. The van der Waals surface area contributed by atoms with Crippen LogP contribution in [0.2, 0.25) is 0 Å². The minimum Gasteiger partial charge on any atom is -0.458 e. The van der Waals surface area contributed by atoms with Crippen molar-refractivity contribution in [3.63, 3.8) is 0 Å². The second kappa shape index (κ2) is 6.43. The lowest BCUT2D eigenvalue weighted by atomic mass is 10.1. The van der Waals surface area contributed by atoms with Crippen molar-refractivity contribution >= 4 is 11.7 Å². The normalized spacial score (nSPS) is 12.4. The fourth-order valence-corrected chi connectivity index (χ4v) is 2.16. The smallest absolute Gasteiger partial charge is 0.359 e. The van der Waals surface area contributed by atoms with Crippen molar-refractivity contribution < 1.29 is 9.53 Å². The van der Waals surface area contributed by atoms with Gasteiger partial charge in [-0.05, 0) is 49.6 Å². The van der Waals surface area contributed by atoms with Crippen LogP contribution in [0.3, 0.4) is 0 Å². The number of nitrogens with zero attached hydrogens (tertiary/aromatic N) is 2. The van der Waals surface area contributed by atoms with Gasteiger partial charge in [-0.25, -0.2) is 9.48 Å². The fraction of sp³-hybridized carbons (Fsp3) is 0.375. The molecular weight excluding hydrogens is 266 g/mol. The predicted molar refractivity (Wildman–Crippen MR) is 82.3 cm³/mol. The van der Waals surface area contributed by atoms with Crippen LogP contribution >= 0.6 is 0 Å². The highest BCUT2D eigenvalue weighted by molar-refractivity contribution is 5.87. The van der Waals surface area contributed by atoms with Gasteiger partial charge in [-0.2, -0.15) is 5.10 Å². The van der Waals surface area contributed by atoms with Crippen molar-refractivity contribution in [2.24, 2.45) is 5.92 Å². The number of nitrogen functional groups attached to an aromatic ring is 1. The molecule has 0 amide bonds. The standard InChI is InChI=1S/C16H21N3O2/c1-11(2)10-12(3)21-16(20)15-8-9-19(18-15)14-6-4-13(17)5-7-14/h4-9,11-12H,10,17H2,1-3H3. The van der Waals surface area contributed by atoms with Gasteiger partial charge in [0.2, 0.25) is 0 Å². The molecule has 5 heteroatoms. The van der Waals surface area contributed by atoms with E-state index in [0.29, 0.717) is 17.3 Å². The van der Waals surface area contributed by atoms with Crippen molar-refractivity contribution in [1.29, 1.82) is 0 Å². The third-order valence-electron chi connectivity index (χ3n) is 3.07. The second-order valence-electron chi connectivity index (χ2n) is 5.58. The van der Waals surface area contributed by atoms with E-state index in [2.05, 4.69) is 18.9 Å². The van der Waals surface area contributed by atoms with Gasteiger partial charge in [0.05, 0.1) is 11.8 Å². The Morgan fingerprint density at radius 2 is 1.90 bits per heavy atom. The minimum atomic E-state index is -0.391. The van der Waals surface area contributed by atoms with Crippen molar-refractivity contribution in [3.8, 4) is 5.69 Å². The molecule has 1 aromatic heterocycles. The van der Waals surface area contributed by atoms with Crippen LogP contribution < -0.4 is 5.73 Å². The molecule has 21 heavy (non-hydrogen) atoms. The Morgan fingerprint density at radius 1 is 1.24 bits per heavy atom. The van der Waals surface area contributed by atoms with Crippen LogP contribution in [0.5, 0.6) is 0 Å². The molecule has 1 atom stereocenters. The summed E-state index contributed by atoms with van der Waals surface area (Å²) >= 11 is 0. The molecule has 0 fully saturated rings. The maximum atomic E-state index is 12.0. The van der Waals surface area contributed by atoms with E-state index in [0.717, 1.165) is 12.1 Å². The molecule has 0 saturated heterocycles. The Kier molecular flexibility index (Phi) is 4.62. The molecule has 5 nitrogen and oxygen atoms in total. The Morgan fingerprint density at radius 3 is 2.52 bits per heavy atom. The number of aromatic nitrogens is 2. The Labute approximate surface area is 124 Å². The molecule has 0 spiro atoms. The monoisotopic (exact) mass is 287 g/mol. The number of hydrogen-bond acceptors (Lipinski definition) is 4. The SMILES string of the molecule is CC(C)CC(C)OC(=O)c1ccn(-c2ccc(N)cc2)n1. The zero-order valence-corrected chi connectivity index (χ0v) is 12.6. The first kappa shape index (κ1) is 15.1. The van der Waals surface area contributed by atoms with Gasteiger partial charge < -0.3 is 10.5 Å². The molecular formula is C16H21N3O2. The average Bonchev–Trinajstić information content (AvgIpc) is 2.88. The molecule has 1 heterocycles. The van der Waals surface area contributed by atoms with Crippen LogP contribution in [-0.2, 0) is 4.74 Å². The molecule has 0 aliphatic heterocycles. The number of carbonyl (C=O) groups is 1. The highest BCUT2D eigenvalue weighted by atomic mass is 16.5. The van der Waals surface area contributed by atoms with E-state index in [4.69, 9.17) is 10.5 Å². The maximum Gasteiger partial charge on any atom is 0.359 e. The highest BCUT2D eigenvalue weighted by Crippen LogP contribution is 2.13. The molecule has 1 aromatic carbocycles. The summed E-state index contributed by atoms with van der Waals surface area (Å²) in [6.07, 6.45) is 2.46. The molecule has 2 N–H and O–H groups in total. The van der Waals surface area contributed by atoms with Crippen molar-refractivity contribution in [3.05, 3.63) is 42.2 Å². The molecule has 0 aliphatic rings. The summed E-state index contributed by atoms with van der Waals surface area (Å²) in [5.74, 6) is 0.0949. The van der Waals surface area contributed by atoms with Gasteiger partial charge in [0, 0.05) is 11.9 Å². The van der Waals surface area contributed by atoms with Gasteiger partial charge in [0.1, 0.15) is 0 Å². The van der Waals surface area contributed by atoms with Crippen LogP contribution in [0, 0.1) is 5.92 Å². The van der Waals surface area contributed by atoms with Crippen molar-refractivity contribution in [2.75, 3.05) is 5.73 Å². The Bertz CT molecular complexity index is 602. The van der Waals surface area contributed by atoms with Crippen molar-refractivity contribution in [2.45, 2.75) is 33.3 Å². The van der Waals surface area contributed by atoms with Crippen LogP contribution in [0.15, 0.2) is 36.5 Å². The van der Waals surface area contributed by atoms with E-state index in [1.807, 2.05) is 19.1 Å². The summed E-state index contributed by atoms with van der Waals surface area (Å²) in [5.41, 5.74) is 7.49. The molecule has 0 aliphatic carbocycles. The van der Waals surface area contributed by atoms with E-state index in [1.54, 1.807) is 29.1 Å². The topological polar surface area (TPSA) is 70.1 Å². The molecule has 112 valence electrons. The summed E-state index contributed by atoms with van der Waals surface area (Å²) in [6.45, 7) is 6.09. The fourth-order valence-electron chi connectivity index (χ4n) is 2.16. The number of nitrogens with two attached hydrogens (primary N) is 1. The number of rotatable bonds is 5. The Hall–Kier alpha value is -2.30. The van der Waals surface area contributed by atoms with E-state index in [1.165, 1.54) is 0 Å². The van der Waals surface area contributed by atoms with E-state index >= 15 is 0 Å². The second-order valence-corrected chi connectivity index (χ2v) is 5.58. The third-order valence-corrected chi connectivity index (χ3v) is 3.07. The number of hydrogen-bond donors (Lipinski definition) is 1. The molecule has 0 saturated carbocycles. The summed E-state index contributed by atoms with van der Waals surface area (Å²) in [6, 6.07) is 8.93. The lowest BCUT2D eigenvalue weighted by molar-refractivity contribution is 0.0292. The quantitative estimate of drug-likeness (QED) is 0.678. The van der Waals surface area contributed by atoms with Gasteiger partial charge in [-0.15, -0.1) is 0 Å². The van der Waals surface area contributed by atoms with Gasteiger partial charge in [0.25, 0.3) is 0 Å². The van der Waals surface area contributed by atoms with Gasteiger partial charge in [0.15, 0.2) is 5.69 Å². The van der Waals surface area contributed by atoms with Gasteiger partial charge >= 0.3 is 5.97 Å². The molecule has 0 bridgehead atoms. The maximum absolute atomic E-state index is 12.0. The lowest BCUT2D eigenvalue weighted by Crippen LogP contribution is -2.17. The summed E-state index contributed by atoms with van der Waals surface area (Å²) in [7, 11) is 0. The number of ether oxygens (including phenoxy) is 1. The highest BCUT2D eigenvalue weighted by Gasteiger charge is 2.16. The minimum absolute atomic E-state index is 0.112. The van der Waals surface area contributed by atoms with E-state index in [-0.39, 0.29) is 6.10 Å². The number of anilines is 1. The van der Waals surface area contributed by atoms with Crippen LogP contribution in [0.4, 0.5) is 5.69 Å². The summed E-state index contributed by atoms with van der Waals surface area (Å²) in [4.78, 5) is 12.0. The van der Waals surface area contributed by atoms with Gasteiger partial charge in [-0.3, -0.25) is 0 Å². The van der Waals surface area contributed by atoms with Gasteiger partial charge in [-0.1, -0.05) is 13.8 Å². The number of benzene rings is 1. The largest absolute Gasteiger partial charge is 0.458 e. The van der Waals surface area contributed by atoms with Crippen LogP contribution in [-0.4, -0.2) is 21.9 Å². The summed E-state index contributed by atoms with van der Waals surface area (Å²) in [5, 5.41) is 4.24. The predicted octanol–water partition coefficient (Wildman–Crippen LogP) is 3.05. The first-order valence-corrected chi connectivity index (χ1v) is 7.08. The zero-order valence-electron chi connectivity index (χ0n) is 12.6. The average molecular weight is 287 g/mol. The number of esters is 1. The molecule has 2 aromatic rings. The van der Waals surface area contributed by atoms with Crippen LogP contribution in [0.25, 0.3) is 5.69 Å². The van der Waals surface area contributed by atoms with Crippen molar-refractivity contribution in [1.82, 2.24) is 9.78 Å². The Balaban J connectivity index is 2.05.